The third kappa shape index (κ3) is 7.22. The minimum absolute atomic E-state index is 0.250. The lowest BCUT2D eigenvalue weighted by Gasteiger charge is -2.32. The van der Waals surface area contributed by atoms with Crippen LogP contribution in [0.1, 0.15) is 55.4 Å². The van der Waals surface area contributed by atoms with Crippen LogP contribution in [0.15, 0.2) is 48.5 Å². The highest BCUT2D eigenvalue weighted by Gasteiger charge is 2.52. The number of morpholine rings is 1. The van der Waals surface area contributed by atoms with Crippen LogP contribution in [0, 0.1) is 0 Å². The van der Waals surface area contributed by atoms with E-state index in [9.17, 15) is 5.11 Å². The molecule has 3 aliphatic rings. The van der Waals surface area contributed by atoms with E-state index in [4.69, 9.17) is 28.1 Å². The molecule has 40 heavy (non-hydrogen) atoms. The number of phenols is 1. The number of aromatic hydroxyl groups is 1. The fraction of sp³-hybridized carbons (Fsp3) is 0.600. The summed E-state index contributed by atoms with van der Waals surface area (Å²) >= 11 is 0. The minimum atomic E-state index is -0.356. The van der Waals surface area contributed by atoms with Crippen molar-refractivity contribution in [1.29, 1.82) is 0 Å². The Morgan fingerprint density at radius 2 is 1.07 bits per heavy atom. The summed E-state index contributed by atoms with van der Waals surface area (Å²) in [4.78, 5) is 2.36. The summed E-state index contributed by atoms with van der Waals surface area (Å²) in [7, 11) is -0.678. The lowest BCUT2D eigenvalue weighted by molar-refractivity contribution is 0.00578. The fourth-order valence-corrected chi connectivity index (χ4v) is 4.43. The Kier molecular flexibility index (Phi) is 9.29. The molecule has 10 heteroatoms. The number of benzene rings is 2. The summed E-state index contributed by atoms with van der Waals surface area (Å²) in [5.74, 6) is 1.13. The third-order valence-corrected chi connectivity index (χ3v) is 8.60. The molecule has 3 fully saturated rings. The molecule has 3 heterocycles. The van der Waals surface area contributed by atoms with Gasteiger partial charge in [0.25, 0.3) is 0 Å². The van der Waals surface area contributed by atoms with Crippen LogP contribution >= 0.6 is 0 Å². The molecule has 8 nitrogen and oxygen atoms in total. The molecule has 3 aliphatic heterocycles. The predicted molar refractivity (Wildman–Crippen MR) is 159 cm³/mol. The zero-order valence-electron chi connectivity index (χ0n) is 25.4. The topological polar surface area (TPSA) is 78.9 Å². The molecule has 2 aromatic rings. The van der Waals surface area contributed by atoms with Crippen LogP contribution in [0.3, 0.4) is 0 Å². The maximum absolute atomic E-state index is 9.22. The Balaban J connectivity index is 0.000000201. The second-order valence-corrected chi connectivity index (χ2v) is 12.6. The molecule has 0 saturated carbocycles. The SMILES string of the molecule is CC1(C)OB(c2ccc(O)cc2)OC1(C)C.CC1(C)OB(c2ccc(OCCN3CCOCC3)cc2)OC1(C)C. The van der Waals surface area contributed by atoms with Crippen LogP contribution in [0.2, 0.25) is 0 Å². The summed E-state index contributed by atoms with van der Waals surface area (Å²) in [6.45, 7) is 21.6. The van der Waals surface area contributed by atoms with Crippen molar-refractivity contribution in [3.63, 3.8) is 0 Å². The molecule has 5 rings (SSSR count). The molecule has 0 aliphatic carbocycles. The first kappa shape index (κ1) is 30.9. The minimum Gasteiger partial charge on any atom is -0.508 e. The summed E-state index contributed by atoms with van der Waals surface area (Å²) in [5, 5.41) is 9.22. The van der Waals surface area contributed by atoms with Gasteiger partial charge in [-0.15, -0.1) is 0 Å². The Morgan fingerprint density at radius 3 is 1.50 bits per heavy atom. The van der Waals surface area contributed by atoms with Gasteiger partial charge in [0.1, 0.15) is 18.1 Å². The highest BCUT2D eigenvalue weighted by molar-refractivity contribution is 6.62. The van der Waals surface area contributed by atoms with Crippen molar-refractivity contribution in [3.05, 3.63) is 48.5 Å². The lowest BCUT2D eigenvalue weighted by atomic mass is 9.79. The van der Waals surface area contributed by atoms with Gasteiger partial charge in [-0.25, -0.2) is 0 Å². The predicted octanol–water partition coefficient (Wildman–Crippen LogP) is 3.39. The quantitative estimate of drug-likeness (QED) is 0.546. The monoisotopic (exact) mass is 553 g/mol. The Hall–Kier alpha value is -2.07. The summed E-state index contributed by atoms with van der Waals surface area (Å²) < 4.78 is 35.1. The molecule has 0 amide bonds. The Bertz CT molecular complexity index is 1070. The van der Waals surface area contributed by atoms with Gasteiger partial charge in [-0.05, 0) is 90.6 Å². The van der Waals surface area contributed by atoms with E-state index in [1.165, 1.54) is 0 Å². The average molecular weight is 553 g/mol. The molecule has 0 bridgehead atoms. The van der Waals surface area contributed by atoms with E-state index in [0.29, 0.717) is 6.61 Å². The zero-order valence-corrected chi connectivity index (χ0v) is 25.4. The molecule has 218 valence electrons. The number of phenolic OH excluding ortho intramolecular Hbond substituents is 1. The van der Waals surface area contributed by atoms with Gasteiger partial charge in [-0.3, -0.25) is 4.90 Å². The van der Waals surface area contributed by atoms with E-state index in [0.717, 1.165) is 49.5 Å². The molecule has 0 spiro atoms. The highest BCUT2D eigenvalue weighted by Crippen LogP contribution is 2.37. The van der Waals surface area contributed by atoms with Crippen LogP contribution in [-0.2, 0) is 23.4 Å². The molecular formula is C30H45B2NO7. The van der Waals surface area contributed by atoms with E-state index in [1.807, 2.05) is 64.1 Å². The van der Waals surface area contributed by atoms with Crippen molar-refractivity contribution in [2.24, 2.45) is 0 Å². The van der Waals surface area contributed by atoms with Gasteiger partial charge in [0, 0.05) is 19.6 Å². The number of hydrogen-bond donors (Lipinski definition) is 1. The van der Waals surface area contributed by atoms with Gasteiger partial charge in [-0.1, -0.05) is 24.3 Å². The van der Waals surface area contributed by atoms with Crippen molar-refractivity contribution in [2.75, 3.05) is 39.5 Å². The molecular weight excluding hydrogens is 508 g/mol. The molecule has 2 aromatic carbocycles. The summed E-state index contributed by atoms with van der Waals surface area (Å²) in [6.07, 6.45) is 0. The fourth-order valence-electron chi connectivity index (χ4n) is 4.43. The number of hydrogen-bond acceptors (Lipinski definition) is 8. The molecule has 0 atom stereocenters. The maximum atomic E-state index is 9.22. The van der Waals surface area contributed by atoms with Crippen molar-refractivity contribution in [2.45, 2.75) is 77.8 Å². The molecule has 0 aromatic heterocycles. The molecule has 0 unspecified atom stereocenters. The first-order chi connectivity index (χ1) is 18.7. The normalized spacial score (nSPS) is 23.0. The van der Waals surface area contributed by atoms with Gasteiger partial charge < -0.3 is 33.2 Å². The number of nitrogens with zero attached hydrogens (tertiary/aromatic N) is 1. The number of ether oxygens (including phenoxy) is 2. The first-order valence-corrected chi connectivity index (χ1v) is 14.2. The van der Waals surface area contributed by atoms with Crippen molar-refractivity contribution < 1.29 is 33.2 Å². The Morgan fingerprint density at radius 1 is 0.675 bits per heavy atom. The van der Waals surface area contributed by atoms with E-state index in [-0.39, 0.29) is 42.4 Å². The Labute approximate surface area is 240 Å². The van der Waals surface area contributed by atoms with E-state index in [1.54, 1.807) is 12.1 Å². The van der Waals surface area contributed by atoms with E-state index in [2.05, 4.69) is 32.6 Å². The van der Waals surface area contributed by atoms with Crippen molar-refractivity contribution in [1.82, 2.24) is 4.90 Å². The molecule has 0 radical (unpaired) electrons. The summed E-state index contributed by atoms with van der Waals surface area (Å²) in [6, 6.07) is 14.9. The second kappa shape index (κ2) is 12.0. The van der Waals surface area contributed by atoms with Crippen molar-refractivity contribution in [3.8, 4) is 11.5 Å². The third-order valence-electron chi connectivity index (χ3n) is 8.60. The zero-order chi connectivity index (χ0) is 29.2. The van der Waals surface area contributed by atoms with Gasteiger partial charge in [0.2, 0.25) is 0 Å². The van der Waals surface area contributed by atoms with Gasteiger partial charge in [0.05, 0.1) is 35.6 Å². The van der Waals surface area contributed by atoms with Crippen LogP contribution in [0.4, 0.5) is 0 Å². The first-order valence-electron chi connectivity index (χ1n) is 14.2. The van der Waals surface area contributed by atoms with E-state index < -0.39 is 0 Å². The average Bonchev–Trinajstić information content (AvgIpc) is 3.25. The standard InChI is InChI=1S/C18H28BNO4.C12H17BO3/c1-17(2)18(3,4)24-19(23-17)15-5-7-16(8-6-15)22-14-11-20-9-12-21-13-10-20;1-11(2)12(3,4)16-13(15-11)9-5-7-10(14)8-6-9/h5-8H,9-14H2,1-4H3;5-8,14H,1-4H3. The molecule has 3 saturated heterocycles. The van der Waals surface area contributed by atoms with Gasteiger partial charge >= 0.3 is 14.2 Å². The van der Waals surface area contributed by atoms with Crippen LogP contribution in [0.25, 0.3) is 0 Å². The lowest BCUT2D eigenvalue weighted by Crippen LogP contribution is -2.41. The van der Waals surface area contributed by atoms with Gasteiger partial charge in [-0.2, -0.15) is 0 Å². The summed E-state index contributed by atoms with van der Waals surface area (Å²) in [5.41, 5.74) is 0.673. The smallest absolute Gasteiger partial charge is 0.494 e. The van der Waals surface area contributed by atoms with Crippen LogP contribution < -0.4 is 15.7 Å². The largest absolute Gasteiger partial charge is 0.508 e. The highest BCUT2D eigenvalue weighted by atomic mass is 16.7. The van der Waals surface area contributed by atoms with Crippen LogP contribution in [-0.4, -0.2) is 86.1 Å². The van der Waals surface area contributed by atoms with Crippen molar-refractivity contribution >= 4 is 25.2 Å². The maximum Gasteiger partial charge on any atom is 0.494 e. The van der Waals surface area contributed by atoms with E-state index >= 15 is 0 Å². The number of rotatable bonds is 6. The van der Waals surface area contributed by atoms with Crippen LogP contribution in [0.5, 0.6) is 11.5 Å². The molecule has 1 N–H and O–H groups in total. The van der Waals surface area contributed by atoms with Gasteiger partial charge in [0.15, 0.2) is 0 Å². The second-order valence-electron chi connectivity index (χ2n) is 12.6.